The molecule has 0 aliphatic rings. The number of pyridine rings is 1. The van der Waals surface area contributed by atoms with Crippen LogP contribution in [0.25, 0.3) is 16.7 Å². The lowest BCUT2D eigenvalue weighted by Gasteiger charge is -2.07. The zero-order valence-corrected chi connectivity index (χ0v) is 11.3. The number of fused-ring (bicyclic) bond motifs is 1. The number of aromatic amines is 1. The van der Waals surface area contributed by atoms with Crippen molar-refractivity contribution >= 4 is 23.3 Å². The third-order valence-corrected chi connectivity index (χ3v) is 3.16. The minimum absolute atomic E-state index is 0.645. The van der Waals surface area contributed by atoms with Gasteiger partial charge in [0.15, 0.2) is 4.77 Å². The van der Waals surface area contributed by atoms with Crippen molar-refractivity contribution in [3.63, 3.8) is 0 Å². The van der Waals surface area contributed by atoms with Crippen molar-refractivity contribution in [2.24, 2.45) is 0 Å². The molecule has 0 aliphatic carbocycles. The number of imidazole rings is 1. The molecule has 0 amide bonds. The summed E-state index contributed by atoms with van der Waals surface area (Å²) in [5.41, 5.74) is 2.91. The molecule has 3 rings (SSSR count). The molecule has 0 atom stereocenters. The Labute approximate surface area is 115 Å². The van der Waals surface area contributed by atoms with Crippen molar-refractivity contribution < 1.29 is 4.74 Å². The second kappa shape index (κ2) is 4.85. The number of H-pyrrole nitrogens is 1. The Morgan fingerprint density at radius 1 is 1.37 bits per heavy atom. The van der Waals surface area contributed by atoms with Gasteiger partial charge in [-0.3, -0.25) is 9.55 Å². The molecule has 0 fully saturated rings. The normalized spacial score (nSPS) is 10.8. The van der Waals surface area contributed by atoms with E-state index in [9.17, 15) is 0 Å². The van der Waals surface area contributed by atoms with E-state index >= 15 is 0 Å². The molecule has 1 N–H and O–H groups in total. The highest BCUT2D eigenvalue weighted by Gasteiger charge is 2.06. The number of ether oxygens (including phenoxy) is 1. The van der Waals surface area contributed by atoms with Gasteiger partial charge in [0, 0.05) is 12.3 Å². The van der Waals surface area contributed by atoms with Gasteiger partial charge in [-0.25, -0.2) is 0 Å². The predicted molar refractivity (Wildman–Crippen MR) is 77.4 cm³/mol. The zero-order chi connectivity index (χ0) is 13.2. The van der Waals surface area contributed by atoms with Crippen LogP contribution in [-0.4, -0.2) is 21.1 Å². The highest BCUT2D eigenvalue weighted by molar-refractivity contribution is 7.71. The average molecular weight is 271 g/mol. The van der Waals surface area contributed by atoms with Gasteiger partial charge in [-0.1, -0.05) is 6.07 Å². The standard InChI is InChI=1S/C14H13N3OS/c1-2-18-11-5-3-4-10(8-11)17-13-6-7-15-9-12(13)16-14(17)19/h3-9H,2H2,1H3,(H,16,19). The Balaban J connectivity index is 2.21. The number of aromatic nitrogens is 3. The van der Waals surface area contributed by atoms with Crippen LogP contribution in [0.15, 0.2) is 42.7 Å². The summed E-state index contributed by atoms with van der Waals surface area (Å²) >= 11 is 5.38. The maximum atomic E-state index is 5.53. The van der Waals surface area contributed by atoms with Crippen LogP contribution in [0.5, 0.6) is 5.75 Å². The highest BCUT2D eigenvalue weighted by atomic mass is 32.1. The smallest absolute Gasteiger partial charge is 0.182 e. The van der Waals surface area contributed by atoms with Crippen LogP contribution in [0, 0.1) is 4.77 Å². The van der Waals surface area contributed by atoms with E-state index in [0.717, 1.165) is 22.5 Å². The summed E-state index contributed by atoms with van der Waals surface area (Å²) in [6.45, 7) is 2.61. The van der Waals surface area contributed by atoms with Crippen LogP contribution < -0.4 is 4.74 Å². The van der Waals surface area contributed by atoms with Gasteiger partial charge >= 0.3 is 0 Å². The van der Waals surface area contributed by atoms with Gasteiger partial charge < -0.3 is 9.72 Å². The number of nitrogens with zero attached hydrogens (tertiary/aromatic N) is 2. The van der Waals surface area contributed by atoms with Crippen molar-refractivity contribution in [1.82, 2.24) is 14.5 Å². The quantitative estimate of drug-likeness (QED) is 0.742. The van der Waals surface area contributed by atoms with Crippen LogP contribution in [0.4, 0.5) is 0 Å². The Bertz CT molecular complexity index is 775. The van der Waals surface area contributed by atoms with Crippen molar-refractivity contribution in [2.45, 2.75) is 6.92 Å². The van der Waals surface area contributed by atoms with Gasteiger partial charge in [0.05, 0.1) is 29.5 Å². The lowest BCUT2D eigenvalue weighted by atomic mass is 10.3. The SMILES string of the molecule is CCOc1cccc(-n2c(=S)[nH]c3cnccc32)c1. The van der Waals surface area contributed by atoms with E-state index in [-0.39, 0.29) is 0 Å². The summed E-state index contributed by atoms with van der Waals surface area (Å²) in [6, 6.07) is 9.82. The van der Waals surface area contributed by atoms with Gasteiger partial charge in [-0.15, -0.1) is 0 Å². The Kier molecular flexibility index (Phi) is 3.05. The average Bonchev–Trinajstić information content (AvgIpc) is 2.75. The van der Waals surface area contributed by atoms with Crippen LogP contribution in [0.3, 0.4) is 0 Å². The Morgan fingerprint density at radius 3 is 3.11 bits per heavy atom. The maximum absolute atomic E-state index is 5.53. The molecule has 0 saturated heterocycles. The molecule has 96 valence electrons. The molecule has 2 aromatic heterocycles. The summed E-state index contributed by atoms with van der Waals surface area (Å²) in [5.74, 6) is 0.838. The molecule has 1 aromatic carbocycles. The minimum Gasteiger partial charge on any atom is -0.494 e. The molecule has 2 heterocycles. The van der Waals surface area contributed by atoms with Gasteiger partial charge in [-0.05, 0) is 37.3 Å². The van der Waals surface area contributed by atoms with E-state index in [1.807, 2.05) is 41.8 Å². The summed E-state index contributed by atoms with van der Waals surface area (Å²) in [7, 11) is 0. The number of hydrogen-bond acceptors (Lipinski definition) is 3. The van der Waals surface area contributed by atoms with Gasteiger partial charge in [-0.2, -0.15) is 0 Å². The molecule has 0 aliphatic heterocycles. The zero-order valence-electron chi connectivity index (χ0n) is 10.5. The van der Waals surface area contributed by atoms with Gasteiger partial charge in [0.2, 0.25) is 0 Å². The lowest BCUT2D eigenvalue weighted by Crippen LogP contribution is -1.96. The van der Waals surface area contributed by atoms with Crippen molar-refractivity contribution in [1.29, 1.82) is 0 Å². The monoisotopic (exact) mass is 271 g/mol. The number of nitrogens with one attached hydrogen (secondary N) is 1. The fourth-order valence-electron chi connectivity index (χ4n) is 2.09. The minimum atomic E-state index is 0.645. The number of hydrogen-bond donors (Lipinski definition) is 1. The largest absolute Gasteiger partial charge is 0.494 e. The van der Waals surface area contributed by atoms with Crippen LogP contribution in [0.2, 0.25) is 0 Å². The third-order valence-electron chi connectivity index (χ3n) is 2.87. The van der Waals surface area contributed by atoms with Gasteiger partial charge in [0.1, 0.15) is 5.75 Å². The van der Waals surface area contributed by atoms with E-state index in [4.69, 9.17) is 17.0 Å². The molecule has 5 heteroatoms. The first kappa shape index (κ1) is 11.9. The first-order valence-electron chi connectivity index (χ1n) is 6.07. The molecule has 0 spiro atoms. The van der Waals surface area contributed by atoms with Gasteiger partial charge in [0.25, 0.3) is 0 Å². The molecule has 19 heavy (non-hydrogen) atoms. The number of rotatable bonds is 3. The van der Waals surface area contributed by atoms with E-state index < -0.39 is 0 Å². The summed E-state index contributed by atoms with van der Waals surface area (Å²) in [6.07, 6.45) is 3.53. The fraction of sp³-hybridized carbons (Fsp3) is 0.143. The summed E-state index contributed by atoms with van der Waals surface area (Å²) in [4.78, 5) is 7.24. The van der Waals surface area contributed by atoms with Crippen molar-refractivity contribution in [2.75, 3.05) is 6.61 Å². The van der Waals surface area contributed by atoms with Crippen LogP contribution in [0.1, 0.15) is 6.92 Å². The van der Waals surface area contributed by atoms with E-state index in [2.05, 4.69) is 9.97 Å². The molecule has 4 nitrogen and oxygen atoms in total. The Morgan fingerprint density at radius 2 is 2.26 bits per heavy atom. The van der Waals surface area contributed by atoms with E-state index in [1.165, 1.54) is 0 Å². The lowest BCUT2D eigenvalue weighted by molar-refractivity contribution is 0.340. The number of benzene rings is 1. The fourth-order valence-corrected chi connectivity index (χ4v) is 2.41. The van der Waals surface area contributed by atoms with Crippen LogP contribution in [-0.2, 0) is 0 Å². The summed E-state index contributed by atoms with van der Waals surface area (Å²) in [5, 5.41) is 0. The molecule has 0 unspecified atom stereocenters. The first-order valence-corrected chi connectivity index (χ1v) is 6.48. The highest BCUT2D eigenvalue weighted by Crippen LogP contribution is 2.22. The molecule has 0 saturated carbocycles. The van der Waals surface area contributed by atoms with Crippen molar-refractivity contribution in [3.05, 3.63) is 47.5 Å². The molecular weight excluding hydrogens is 258 g/mol. The third kappa shape index (κ3) is 2.13. The molecule has 3 aromatic rings. The molecule has 0 radical (unpaired) electrons. The summed E-state index contributed by atoms with van der Waals surface area (Å²) < 4.78 is 8.16. The molecule has 0 bridgehead atoms. The van der Waals surface area contributed by atoms with E-state index in [0.29, 0.717) is 11.4 Å². The van der Waals surface area contributed by atoms with Crippen molar-refractivity contribution in [3.8, 4) is 11.4 Å². The van der Waals surface area contributed by atoms with Crippen LogP contribution >= 0.6 is 12.2 Å². The first-order chi connectivity index (χ1) is 9.29. The topological polar surface area (TPSA) is 42.8 Å². The maximum Gasteiger partial charge on any atom is 0.182 e. The predicted octanol–water partition coefficient (Wildman–Crippen LogP) is 3.48. The van der Waals surface area contributed by atoms with E-state index in [1.54, 1.807) is 12.4 Å². The second-order valence-electron chi connectivity index (χ2n) is 4.09. The molecular formula is C14H13N3OS. The Hall–Kier alpha value is -2.14. The second-order valence-corrected chi connectivity index (χ2v) is 4.48.